The number of aromatic nitrogens is 2. The van der Waals surface area contributed by atoms with Crippen LogP contribution in [0, 0.1) is 13.8 Å². The number of hydrogen-bond donors (Lipinski definition) is 2. The molecule has 1 unspecified atom stereocenters. The van der Waals surface area contributed by atoms with Gasteiger partial charge in [0.05, 0.1) is 17.4 Å². The van der Waals surface area contributed by atoms with Gasteiger partial charge in [0.1, 0.15) is 0 Å². The maximum Gasteiger partial charge on any atom is 0.220 e. The highest BCUT2D eigenvalue weighted by Crippen LogP contribution is 2.17. The van der Waals surface area contributed by atoms with Crippen molar-refractivity contribution < 1.29 is 9.59 Å². The summed E-state index contributed by atoms with van der Waals surface area (Å²) in [5.74, 6) is -0.221. The number of hydrogen-bond acceptors (Lipinski definition) is 3. The Morgan fingerprint density at radius 2 is 1.76 bits per heavy atom. The molecule has 1 heterocycles. The molecule has 0 aliphatic rings. The third-order valence-corrected chi connectivity index (χ3v) is 3.98. The fourth-order valence-electron chi connectivity index (χ4n) is 2.70. The molecule has 2 rings (SSSR count). The van der Waals surface area contributed by atoms with Gasteiger partial charge in [-0.15, -0.1) is 0 Å². The van der Waals surface area contributed by atoms with Crippen molar-refractivity contribution in [3.63, 3.8) is 0 Å². The quantitative estimate of drug-likeness (QED) is 0.812. The average Bonchev–Trinajstić information content (AvgIpc) is 2.92. The first-order valence-corrected chi connectivity index (χ1v) is 8.60. The summed E-state index contributed by atoms with van der Waals surface area (Å²) in [4.78, 5) is 23.4. The lowest BCUT2D eigenvalue weighted by Gasteiger charge is -2.15. The summed E-state index contributed by atoms with van der Waals surface area (Å²) in [7, 11) is 0. The fourth-order valence-corrected chi connectivity index (χ4v) is 2.70. The summed E-state index contributed by atoms with van der Waals surface area (Å²) < 4.78 is 1.90. The van der Waals surface area contributed by atoms with Crippen LogP contribution in [0.1, 0.15) is 49.7 Å². The van der Waals surface area contributed by atoms with Crippen LogP contribution < -0.4 is 10.6 Å². The Morgan fingerprint density at radius 1 is 1.12 bits per heavy atom. The number of rotatable bonds is 7. The van der Waals surface area contributed by atoms with Crippen LogP contribution in [0.4, 0.5) is 0 Å². The van der Waals surface area contributed by atoms with Crippen molar-refractivity contribution in [2.75, 3.05) is 6.54 Å². The van der Waals surface area contributed by atoms with E-state index >= 15 is 0 Å². The van der Waals surface area contributed by atoms with Gasteiger partial charge < -0.3 is 10.6 Å². The number of nitrogens with zero attached hydrogens (tertiary/aromatic N) is 2. The highest BCUT2D eigenvalue weighted by Gasteiger charge is 2.12. The predicted octanol–water partition coefficient (Wildman–Crippen LogP) is 2.58. The zero-order valence-corrected chi connectivity index (χ0v) is 15.3. The van der Waals surface area contributed by atoms with Crippen molar-refractivity contribution >= 4 is 11.8 Å². The molecule has 2 amide bonds. The SMILES string of the molecule is CCNC(=O)CCC(=O)NC(C)c1ccc(-n2nc(C)cc2C)cc1. The summed E-state index contributed by atoms with van der Waals surface area (Å²) in [6, 6.07) is 9.88. The second kappa shape index (κ2) is 8.46. The summed E-state index contributed by atoms with van der Waals surface area (Å²) in [6.07, 6.45) is 0.406. The topological polar surface area (TPSA) is 76.0 Å². The van der Waals surface area contributed by atoms with Gasteiger partial charge in [-0.25, -0.2) is 4.68 Å². The molecule has 25 heavy (non-hydrogen) atoms. The number of amides is 2. The lowest BCUT2D eigenvalue weighted by atomic mass is 10.1. The third-order valence-electron chi connectivity index (χ3n) is 3.98. The molecule has 0 aliphatic carbocycles. The third kappa shape index (κ3) is 5.17. The van der Waals surface area contributed by atoms with E-state index in [-0.39, 0.29) is 30.7 Å². The summed E-state index contributed by atoms with van der Waals surface area (Å²) >= 11 is 0. The van der Waals surface area contributed by atoms with Crippen LogP contribution in [0.5, 0.6) is 0 Å². The van der Waals surface area contributed by atoms with Gasteiger partial charge in [-0.3, -0.25) is 9.59 Å². The lowest BCUT2D eigenvalue weighted by molar-refractivity contribution is -0.126. The van der Waals surface area contributed by atoms with Gasteiger partial charge in [0.2, 0.25) is 11.8 Å². The summed E-state index contributed by atoms with van der Waals surface area (Å²) in [5, 5.41) is 10.1. The lowest BCUT2D eigenvalue weighted by Crippen LogP contribution is -2.29. The van der Waals surface area contributed by atoms with E-state index in [1.807, 2.05) is 62.7 Å². The van der Waals surface area contributed by atoms with Gasteiger partial charge in [0.25, 0.3) is 0 Å². The second-order valence-electron chi connectivity index (χ2n) is 6.17. The van der Waals surface area contributed by atoms with E-state index in [0.29, 0.717) is 6.54 Å². The number of carbonyl (C=O) groups is 2. The van der Waals surface area contributed by atoms with Gasteiger partial charge in [-0.05, 0) is 51.5 Å². The minimum Gasteiger partial charge on any atom is -0.356 e. The van der Waals surface area contributed by atoms with Gasteiger partial charge in [-0.1, -0.05) is 12.1 Å². The van der Waals surface area contributed by atoms with Crippen molar-refractivity contribution in [2.45, 2.75) is 46.6 Å². The summed E-state index contributed by atoms with van der Waals surface area (Å²) in [6.45, 7) is 8.36. The highest BCUT2D eigenvalue weighted by atomic mass is 16.2. The first-order valence-electron chi connectivity index (χ1n) is 8.60. The minimum absolute atomic E-state index is 0.0976. The van der Waals surface area contributed by atoms with Crippen LogP contribution in [0.15, 0.2) is 30.3 Å². The van der Waals surface area contributed by atoms with Crippen molar-refractivity contribution in [2.24, 2.45) is 0 Å². The standard InChI is InChI=1S/C19H26N4O2/c1-5-20-18(24)10-11-19(25)21-15(4)16-6-8-17(9-7-16)23-14(3)12-13(2)22-23/h6-9,12,15H,5,10-11H2,1-4H3,(H,20,24)(H,21,25). The maximum atomic E-state index is 12.0. The molecular formula is C19H26N4O2. The Hall–Kier alpha value is -2.63. The van der Waals surface area contributed by atoms with Crippen LogP contribution in [0.25, 0.3) is 5.69 Å². The molecule has 0 saturated carbocycles. The Morgan fingerprint density at radius 3 is 2.32 bits per heavy atom. The van der Waals surface area contributed by atoms with E-state index in [0.717, 1.165) is 22.6 Å². The Bertz CT molecular complexity index is 734. The molecule has 2 aromatic rings. The van der Waals surface area contributed by atoms with Crippen molar-refractivity contribution in [1.82, 2.24) is 20.4 Å². The van der Waals surface area contributed by atoms with E-state index in [1.54, 1.807) is 0 Å². The largest absolute Gasteiger partial charge is 0.356 e. The second-order valence-corrected chi connectivity index (χ2v) is 6.17. The van der Waals surface area contributed by atoms with Crippen LogP contribution in [-0.2, 0) is 9.59 Å². The van der Waals surface area contributed by atoms with Crippen molar-refractivity contribution in [1.29, 1.82) is 0 Å². The van der Waals surface area contributed by atoms with Gasteiger partial charge >= 0.3 is 0 Å². The molecule has 0 fully saturated rings. The minimum atomic E-state index is -0.124. The molecule has 0 spiro atoms. The van der Waals surface area contributed by atoms with Crippen molar-refractivity contribution in [3.8, 4) is 5.69 Å². The van der Waals surface area contributed by atoms with E-state index in [9.17, 15) is 9.59 Å². The fraction of sp³-hybridized carbons (Fsp3) is 0.421. The zero-order valence-electron chi connectivity index (χ0n) is 15.3. The van der Waals surface area contributed by atoms with Gasteiger partial charge in [-0.2, -0.15) is 5.10 Å². The molecule has 1 atom stereocenters. The number of nitrogens with one attached hydrogen (secondary N) is 2. The predicted molar refractivity (Wildman–Crippen MR) is 97.5 cm³/mol. The van der Waals surface area contributed by atoms with E-state index in [2.05, 4.69) is 15.7 Å². The normalized spacial score (nSPS) is 11.8. The first-order chi connectivity index (χ1) is 11.9. The highest BCUT2D eigenvalue weighted by molar-refractivity contribution is 5.83. The Labute approximate surface area is 148 Å². The Balaban J connectivity index is 1.94. The van der Waals surface area contributed by atoms with Gasteiger partial charge in [0, 0.05) is 25.1 Å². The number of carbonyl (C=O) groups excluding carboxylic acids is 2. The molecule has 0 aliphatic heterocycles. The molecule has 1 aromatic heterocycles. The molecule has 6 heteroatoms. The smallest absolute Gasteiger partial charge is 0.220 e. The molecule has 134 valence electrons. The van der Waals surface area contributed by atoms with Gasteiger partial charge in [0.15, 0.2) is 0 Å². The molecular weight excluding hydrogens is 316 g/mol. The molecule has 0 radical (unpaired) electrons. The monoisotopic (exact) mass is 342 g/mol. The van der Waals surface area contributed by atoms with Crippen molar-refractivity contribution in [3.05, 3.63) is 47.3 Å². The van der Waals surface area contributed by atoms with Crippen LogP contribution in [0.3, 0.4) is 0 Å². The van der Waals surface area contributed by atoms with Crippen LogP contribution in [0.2, 0.25) is 0 Å². The molecule has 6 nitrogen and oxygen atoms in total. The molecule has 2 N–H and O–H groups in total. The molecule has 1 aromatic carbocycles. The van der Waals surface area contributed by atoms with E-state index < -0.39 is 0 Å². The molecule has 0 saturated heterocycles. The number of benzene rings is 1. The van der Waals surface area contributed by atoms with E-state index in [4.69, 9.17) is 0 Å². The first kappa shape index (κ1) is 18.7. The zero-order chi connectivity index (χ0) is 18.4. The van der Waals surface area contributed by atoms with E-state index in [1.165, 1.54) is 0 Å². The number of aryl methyl sites for hydroxylation is 2. The Kier molecular flexibility index (Phi) is 6.33. The maximum absolute atomic E-state index is 12.0. The van der Waals surface area contributed by atoms with Crippen LogP contribution >= 0.6 is 0 Å². The summed E-state index contributed by atoms with van der Waals surface area (Å²) in [5.41, 5.74) is 4.06. The average molecular weight is 342 g/mol. The molecule has 0 bridgehead atoms. The van der Waals surface area contributed by atoms with Crippen LogP contribution in [-0.4, -0.2) is 28.1 Å².